The fraction of sp³-hybridized carbons (Fsp3) is 0.227. The second-order valence-electron chi connectivity index (χ2n) is 6.84. The highest BCUT2D eigenvalue weighted by Crippen LogP contribution is 2.23. The number of amides is 2. The molecule has 1 fully saturated rings. The summed E-state index contributed by atoms with van der Waals surface area (Å²) in [5.74, 6) is 0.182. The standard InChI is InChI=1S/C22H20ClN3O5/c23-17-3-6-19-16(11-17)12-20(31-19)22(28)25-24-13-15-1-4-18(5-2-15)30-14-21(27)26-7-9-29-10-8-26/h1-6,11-13H,7-10,14H2,(H,25,28)/b24-13-. The van der Waals surface area contributed by atoms with Crippen molar-refractivity contribution in [3.63, 3.8) is 0 Å². The number of carbonyl (C=O) groups is 2. The fourth-order valence-corrected chi connectivity index (χ4v) is 3.23. The van der Waals surface area contributed by atoms with Gasteiger partial charge in [-0.1, -0.05) is 11.6 Å². The van der Waals surface area contributed by atoms with Gasteiger partial charge in [0, 0.05) is 23.5 Å². The molecule has 0 radical (unpaired) electrons. The topological polar surface area (TPSA) is 93.4 Å². The van der Waals surface area contributed by atoms with Crippen LogP contribution in [-0.2, 0) is 9.53 Å². The Hall–Kier alpha value is -3.36. The highest BCUT2D eigenvalue weighted by Gasteiger charge is 2.17. The number of nitrogens with one attached hydrogen (secondary N) is 1. The first-order chi connectivity index (χ1) is 15.1. The molecule has 2 heterocycles. The van der Waals surface area contributed by atoms with Crippen molar-refractivity contribution in [2.24, 2.45) is 5.10 Å². The van der Waals surface area contributed by atoms with E-state index in [1.807, 2.05) is 0 Å². The third kappa shape index (κ3) is 5.42. The number of halogens is 1. The fourth-order valence-electron chi connectivity index (χ4n) is 3.05. The molecule has 160 valence electrons. The molecule has 4 rings (SSSR count). The minimum absolute atomic E-state index is 0.0216. The van der Waals surface area contributed by atoms with Gasteiger partial charge >= 0.3 is 5.91 Å². The maximum Gasteiger partial charge on any atom is 0.307 e. The van der Waals surface area contributed by atoms with Crippen LogP contribution in [0.25, 0.3) is 11.0 Å². The Morgan fingerprint density at radius 1 is 1.13 bits per heavy atom. The molecule has 0 unspecified atom stereocenters. The van der Waals surface area contributed by atoms with Crippen molar-refractivity contribution in [3.8, 4) is 5.75 Å². The molecule has 2 aromatic carbocycles. The van der Waals surface area contributed by atoms with Crippen molar-refractivity contribution >= 4 is 40.6 Å². The molecule has 1 aromatic heterocycles. The molecule has 1 aliphatic rings. The SMILES string of the molecule is O=C(N/N=C\c1ccc(OCC(=O)N2CCOCC2)cc1)c1cc2cc(Cl)ccc2o1. The Kier molecular flexibility index (Phi) is 6.49. The first-order valence-electron chi connectivity index (χ1n) is 9.69. The molecular formula is C22H20ClN3O5. The molecule has 0 atom stereocenters. The summed E-state index contributed by atoms with van der Waals surface area (Å²) in [6, 6.07) is 13.7. The number of rotatable bonds is 6. The van der Waals surface area contributed by atoms with Gasteiger partial charge in [0.15, 0.2) is 12.4 Å². The summed E-state index contributed by atoms with van der Waals surface area (Å²) < 4.78 is 16.3. The average molecular weight is 442 g/mol. The second-order valence-corrected chi connectivity index (χ2v) is 7.28. The van der Waals surface area contributed by atoms with E-state index in [9.17, 15) is 9.59 Å². The zero-order valence-electron chi connectivity index (χ0n) is 16.5. The second kappa shape index (κ2) is 9.63. The first-order valence-corrected chi connectivity index (χ1v) is 10.1. The smallest absolute Gasteiger partial charge is 0.307 e. The van der Waals surface area contributed by atoms with Crippen LogP contribution in [0.4, 0.5) is 0 Å². The first kappa shape index (κ1) is 20.9. The molecule has 3 aromatic rings. The molecular weight excluding hydrogens is 422 g/mol. The molecule has 31 heavy (non-hydrogen) atoms. The van der Waals surface area contributed by atoms with Crippen LogP contribution in [0.3, 0.4) is 0 Å². The molecule has 1 saturated heterocycles. The molecule has 8 nitrogen and oxygen atoms in total. The van der Waals surface area contributed by atoms with Crippen molar-refractivity contribution < 1.29 is 23.5 Å². The maximum atomic E-state index is 12.2. The van der Waals surface area contributed by atoms with Gasteiger partial charge in [0.2, 0.25) is 0 Å². The Morgan fingerprint density at radius 3 is 2.68 bits per heavy atom. The average Bonchev–Trinajstić information content (AvgIpc) is 3.22. The number of morpholine rings is 1. The molecule has 2 amide bonds. The van der Waals surface area contributed by atoms with E-state index in [1.165, 1.54) is 6.21 Å². The van der Waals surface area contributed by atoms with E-state index >= 15 is 0 Å². The summed E-state index contributed by atoms with van der Waals surface area (Å²) in [6.07, 6.45) is 1.50. The van der Waals surface area contributed by atoms with Gasteiger partial charge < -0.3 is 18.8 Å². The Balaban J connectivity index is 1.27. The number of ether oxygens (including phenoxy) is 2. The van der Waals surface area contributed by atoms with E-state index in [1.54, 1.807) is 53.4 Å². The number of fused-ring (bicyclic) bond motifs is 1. The molecule has 9 heteroatoms. The number of hydrogen-bond donors (Lipinski definition) is 1. The number of nitrogens with zero attached hydrogens (tertiary/aromatic N) is 2. The van der Waals surface area contributed by atoms with Crippen LogP contribution in [0.15, 0.2) is 58.0 Å². The molecule has 0 bridgehead atoms. The molecule has 1 N–H and O–H groups in total. The number of hydrogen-bond acceptors (Lipinski definition) is 6. The summed E-state index contributed by atoms with van der Waals surface area (Å²) in [4.78, 5) is 26.0. The maximum absolute atomic E-state index is 12.2. The molecule has 0 spiro atoms. The number of carbonyl (C=O) groups excluding carboxylic acids is 2. The van der Waals surface area contributed by atoms with Gasteiger partial charge in [0.05, 0.1) is 19.4 Å². The van der Waals surface area contributed by atoms with Crippen LogP contribution in [0.2, 0.25) is 5.02 Å². The predicted molar refractivity (Wildman–Crippen MR) is 116 cm³/mol. The van der Waals surface area contributed by atoms with E-state index in [0.717, 1.165) is 10.9 Å². The summed E-state index contributed by atoms with van der Waals surface area (Å²) in [5, 5.41) is 5.25. The summed E-state index contributed by atoms with van der Waals surface area (Å²) in [7, 11) is 0. The van der Waals surface area contributed by atoms with Crippen molar-refractivity contribution in [3.05, 3.63) is 64.9 Å². The molecule has 1 aliphatic heterocycles. The van der Waals surface area contributed by atoms with Crippen LogP contribution in [0, 0.1) is 0 Å². The minimum atomic E-state index is -0.467. The third-order valence-electron chi connectivity index (χ3n) is 4.69. The lowest BCUT2D eigenvalue weighted by Gasteiger charge is -2.26. The number of furan rings is 1. The van der Waals surface area contributed by atoms with E-state index in [2.05, 4.69) is 10.5 Å². The van der Waals surface area contributed by atoms with Crippen molar-refractivity contribution in [1.82, 2.24) is 10.3 Å². The van der Waals surface area contributed by atoms with Crippen molar-refractivity contribution in [2.45, 2.75) is 0 Å². The van der Waals surface area contributed by atoms with Gasteiger partial charge in [-0.15, -0.1) is 0 Å². The lowest BCUT2D eigenvalue weighted by Crippen LogP contribution is -2.42. The lowest BCUT2D eigenvalue weighted by atomic mass is 10.2. The normalized spacial score (nSPS) is 14.2. The van der Waals surface area contributed by atoms with Crippen LogP contribution in [0.5, 0.6) is 5.75 Å². The third-order valence-corrected chi connectivity index (χ3v) is 4.92. The number of benzene rings is 2. The van der Waals surface area contributed by atoms with Crippen LogP contribution in [-0.4, -0.2) is 55.8 Å². The van der Waals surface area contributed by atoms with Gasteiger partial charge in [-0.2, -0.15) is 5.10 Å². The van der Waals surface area contributed by atoms with E-state index in [4.69, 9.17) is 25.5 Å². The highest BCUT2D eigenvalue weighted by molar-refractivity contribution is 6.31. The van der Waals surface area contributed by atoms with Gasteiger partial charge in [-0.25, -0.2) is 5.43 Å². The Bertz CT molecular complexity index is 1100. The number of hydrazone groups is 1. The lowest BCUT2D eigenvalue weighted by molar-refractivity contribution is -0.137. The van der Waals surface area contributed by atoms with Gasteiger partial charge in [0.1, 0.15) is 11.3 Å². The largest absolute Gasteiger partial charge is 0.484 e. The molecule has 0 saturated carbocycles. The zero-order chi connectivity index (χ0) is 21.6. The zero-order valence-corrected chi connectivity index (χ0v) is 17.3. The van der Waals surface area contributed by atoms with Crippen LogP contribution < -0.4 is 10.2 Å². The quantitative estimate of drug-likeness (QED) is 0.468. The summed E-state index contributed by atoms with van der Waals surface area (Å²) in [5.41, 5.74) is 3.75. The van der Waals surface area contributed by atoms with Crippen LogP contribution >= 0.6 is 11.6 Å². The minimum Gasteiger partial charge on any atom is -0.484 e. The van der Waals surface area contributed by atoms with Gasteiger partial charge in [0.25, 0.3) is 5.91 Å². The van der Waals surface area contributed by atoms with Crippen molar-refractivity contribution in [2.75, 3.05) is 32.9 Å². The summed E-state index contributed by atoms with van der Waals surface area (Å²) in [6.45, 7) is 2.27. The predicted octanol–water partition coefficient (Wildman–Crippen LogP) is 3.09. The Morgan fingerprint density at radius 2 is 1.90 bits per heavy atom. The Labute approximate surface area is 183 Å². The highest BCUT2D eigenvalue weighted by atomic mass is 35.5. The van der Waals surface area contributed by atoms with Crippen molar-refractivity contribution in [1.29, 1.82) is 0 Å². The molecule has 0 aliphatic carbocycles. The summed E-state index contributed by atoms with van der Waals surface area (Å²) >= 11 is 5.94. The van der Waals surface area contributed by atoms with Crippen LogP contribution in [0.1, 0.15) is 16.1 Å². The monoisotopic (exact) mass is 441 g/mol. The van der Waals surface area contributed by atoms with Gasteiger partial charge in [-0.05, 0) is 54.1 Å². The van der Waals surface area contributed by atoms with E-state index in [-0.39, 0.29) is 18.3 Å². The van der Waals surface area contributed by atoms with E-state index in [0.29, 0.717) is 42.7 Å². The van der Waals surface area contributed by atoms with Gasteiger partial charge in [-0.3, -0.25) is 9.59 Å². The van der Waals surface area contributed by atoms with E-state index < -0.39 is 5.91 Å².